The summed E-state index contributed by atoms with van der Waals surface area (Å²) in [6.07, 6.45) is 9.15. The number of aliphatic hydroxyl groups is 4. The maximum atomic E-state index is 11.5. The molecule has 52 heavy (non-hydrogen) atoms. The first-order chi connectivity index (χ1) is 24.7. The second-order valence-corrected chi connectivity index (χ2v) is 15.5. The highest BCUT2D eigenvalue weighted by atomic mass is 16.5. The fourth-order valence-electron chi connectivity index (χ4n) is 6.67. The van der Waals surface area contributed by atoms with Gasteiger partial charge in [-0.15, -0.1) is 0 Å². The van der Waals surface area contributed by atoms with Gasteiger partial charge in [-0.2, -0.15) is 0 Å². The Bertz CT molecular complexity index is 1380. The number of allylic oxidation sites excluding steroid dienone is 2. The van der Waals surface area contributed by atoms with E-state index in [-0.39, 0.29) is 42.0 Å². The van der Waals surface area contributed by atoms with Crippen LogP contribution in [0.2, 0.25) is 0 Å². The Morgan fingerprint density at radius 1 is 0.962 bits per heavy atom. The first-order valence-electron chi connectivity index (χ1n) is 19.1. The first kappa shape index (κ1) is 43.1. The summed E-state index contributed by atoms with van der Waals surface area (Å²) in [7, 11) is 0. The molecule has 0 aromatic heterocycles. The van der Waals surface area contributed by atoms with E-state index in [1.807, 2.05) is 56.3 Å². The standard InChI is InChI=1S/C26H40O5.C16H24N2O3/c1-19(2)31-26(30)13-9-4-3-8-12-22-23(25(29)18-24(22)28)17-16-21(27)15-14-20-10-6-5-7-11-20;1-16(2,3)17-9-11(19)10-21-14-6-4-5-13-12(14)7-8-15(20)18-13/h3,5-8,10-11,19,21-25,27-29H,4,9,12-18H2,1-2H3;4-6,11,17,19H,7-10H2,1-3H3,(H,18,20)/b8-3-;/t21-,22+,23+,24-,25+;/m0./s1. The molecule has 4 rings (SSSR count). The number of nitrogens with one attached hydrogen (secondary N) is 2. The van der Waals surface area contributed by atoms with E-state index in [0.29, 0.717) is 57.9 Å². The van der Waals surface area contributed by atoms with E-state index in [2.05, 4.69) is 49.6 Å². The average Bonchev–Trinajstić information content (AvgIpc) is 3.36. The zero-order valence-corrected chi connectivity index (χ0v) is 31.9. The van der Waals surface area contributed by atoms with Gasteiger partial charge in [-0.1, -0.05) is 48.6 Å². The molecule has 1 saturated carbocycles. The Kier molecular flexibility index (Phi) is 18.3. The van der Waals surface area contributed by atoms with E-state index in [4.69, 9.17) is 9.47 Å². The van der Waals surface area contributed by atoms with Gasteiger partial charge in [-0.3, -0.25) is 9.59 Å². The summed E-state index contributed by atoms with van der Waals surface area (Å²) < 4.78 is 10.8. The van der Waals surface area contributed by atoms with Gasteiger partial charge in [-0.25, -0.2) is 0 Å². The molecule has 2 aliphatic rings. The molecule has 1 heterocycles. The second kappa shape index (κ2) is 22.1. The Labute approximate surface area is 311 Å². The summed E-state index contributed by atoms with van der Waals surface area (Å²) in [5, 5.41) is 47.2. The van der Waals surface area contributed by atoms with Crippen LogP contribution < -0.4 is 15.4 Å². The van der Waals surface area contributed by atoms with Crippen molar-refractivity contribution >= 4 is 17.6 Å². The molecule has 1 unspecified atom stereocenters. The fraction of sp³-hybridized carbons (Fsp3) is 0.619. The van der Waals surface area contributed by atoms with Crippen LogP contribution in [-0.4, -0.2) is 81.5 Å². The van der Waals surface area contributed by atoms with E-state index < -0.39 is 24.4 Å². The Morgan fingerprint density at radius 3 is 2.40 bits per heavy atom. The first-order valence-corrected chi connectivity index (χ1v) is 19.1. The highest BCUT2D eigenvalue weighted by Crippen LogP contribution is 2.38. The zero-order valence-electron chi connectivity index (χ0n) is 31.9. The van der Waals surface area contributed by atoms with Gasteiger partial charge in [0, 0.05) is 36.2 Å². The van der Waals surface area contributed by atoms with Crippen molar-refractivity contribution in [3.05, 3.63) is 71.8 Å². The summed E-state index contributed by atoms with van der Waals surface area (Å²) in [6.45, 7) is 10.6. The number of aryl methyl sites for hydroxylation is 1. The molecule has 0 spiro atoms. The molecule has 0 bridgehead atoms. The molecule has 1 amide bonds. The number of hydrogen-bond donors (Lipinski definition) is 6. The van der Waals surface area contributed by atoms with Gasteiger partial charge in [-0.05, 0) is 122 Å². The highest BCUT2D eigenvalue weighted by molar-refractivity contribution is 5.94. The van der Waals surface area contributed by atoms with E-state index in [0.717, 1.165) is 36.3 Å². The van der Waals surface area contributed by atoms with Gasteiger partial charge in [0.2, 0.25) is 5.91 Å². The predicted molar refractivity (Wildman–Crippen MR) is 205 cm³/mol. The third-order valence-electron chi connectivity index (χ3n) is 9.47. The number of anilines is 1. The monoisotopic (exact) mass is 724 g/mol. The Hall–Kier alpha value is -3.28. The topological polar surface area (TPSA) is 158 Å². The molecular formula is C42H64N2O8. The number of ether oxygens (including phenoxy) is 2. The maximum Gasteiger partial charge on any atom is 0.306 e. The molecule has 1 aliphatic carbocycles. The van der Waals surface area contributed by atoms with Gasteiger partial charge in [0.25, 0.3) is 0 Å². The van der Waals surface area contributed by atoms with Crippen LogP contribution in [0, 0.1) is 11.8 Å². The van der Waals surface area contributed by atoms with Crippen LogP contribution in [0.3, 0.4) is 0 Å². The van der Waals surface area contributed by atoms with Crippen LogP contribution in [0.4, 0.5) is 5.69 Å². The van der Waals surface area contributed by atoms with Gasteiger partial charge in [0.1, 0.15) is 18.5 Å². The van der Waals surface area contributed by atoms with E-state index in [1.54, 1.807) is 0 Å². The van der Waals surface area contributed by atoms with Crippen molar-refractivity contribution in [1.82, 2.24) is 5.32 Å². The quantitative estimate of drug-likeness (QED) is 0.0627. The molecule has 10 nitrogen and oxygen atoms in total. The maximum absolute atomic E-state index is 11.5. The van der Waals surface area contributed by atoms with Crippen molar-refractivity contribution in [1.29, 1.82) is 0 Å². The minimum atomic E-state index is -0.571. The minimum absolute atomic E-state index is 0.00652. The van der Waals surface area contributed by atoms with E-state index >= 15 is 0 Å². The second-order valence-electron chi connectivity index (χ2n) is 15.5. The van der Waals surface area contributed by atoms with Crippen LogP contribution in [0.1, 0.15) is 104 Å². The molecular weight excluding hydrogens is 660 g/mol. The summed E-state index contributed by atoms with van der Waals surface area (Å²) in [4.78, 5) is 22.9. The third kappa shape index (κ3) is 16.2. The number of unbranched alkanes of at least 4 members (excludes halogenated alkanes) is 1. The Morgan fingerprint density at radius 2 is 1.69 bits per heavy atom. The lowest BCUT2D eigenvalue weighted by atomic mass is 9.85. The molecule has 2 aromatic carbocycles. The molecule has 6 atom stereocenters. The number of esters is 1. The van der Waals surface area contributed by atoms with E-state index in [1.165, 1.54) is 5.56 Å². The highest BCUT2D eigenvalue weighted by Gasteiger charge is 2.40. The van der Waals surface area contributed by atoms with Crippen LogP contribution >= 0.6 is 0 Å². The lowest BCUT2D eigenvalue weighted by molar-refractivity contribution is -0.147. The van der Waals surface area contributed by atoms with Crippen molar-refractivity contribution < 1.29 is 39.5 Å². The molecule has 0 radical (unpaired) electrons. The van der Waals surface area contributed by atoms with Gasteiger partial charge < -0.3 is 40.5 Å². The fourth-order valence-corrected chi connectivity index (χ4v) is 6.67. The lowest BCUT2D eigenvalue weighted by Crippen LogP contribution is -2.42. The molecule has 1 aliphatic heterocycles. The van der Waals surface area contributed by atoms with Gasteiger partial charge in [0.05, 0.1) is 24.4 Å². The van der Waals surface area contributed by atoms with Gasteiger partial charge in [0.15, 0.2) is 0 Å². The van der Waals surface area contributed by atoms with Crippen molar-refractivity contribution in [3.8, 4) is 5.75 Å². The number of amides is 1. The SMILES string of the molecule is CC(C)(C)NCC(O)COc1cccc2c1CCC(=O)N2.CC(C)OC(=O)CCC/C=C\C[C@@H]1[C@@H](CC[C@@H](O)CCc2ccccc2)[C@H](O)C[C@@H]1O. The minimum Gasteiger partial charge on any atom is -0.490 e. The largest absolute Gasteiger partial charge is 0.490 e. The van der Waals surface area contributed by atoms with Crippen LogP contribution in [0.15, 0.2) is 60.7 Å². The summed E-state index contributed by atoms with van der Waals surface area (Å²) in [5.41, 5.74) is 3.01. The summed E-state index contributed by atoms with van der Waals surface area (Å²) in [5.74, 6) is 0.630. The molecule has 2 aromatic rings. The number of benzene rings is 2. The number of carbonyl (C=O) groups is 2. The summed E-state index contributed by atoms with van der Waals surface area (Å²) in [6, 6.07) is 15.7. The molecule has 1 fully saturated rings. The molecule has 10 heteroatoms. The number of aliphatic hydroxyl groups excluding tert-OH is 4. The molecule has 290 valence electrons. The summed E-state index contributed by atoms with van der Waals surface area (Å²) >= 11 is 0. The van der Waals surface area contributed by atoms with Crippen molar-refractivity contribution in [3.63, 3.8) is 0 Å². The number of hydrogen-bond acceptors (Lipinski definition) is 9. The smallest absolute Gasteiger partial charge is 0.306 e. The lowest BCUT2D eigenvalue weighted by Gasteiger charge is -2.24. The van der Waals surface area contributed by atoms with Crippen LogP contribution in [0.5, 0.6) is 5.75 Å². The Balaban J connectivity index is 0.000000302. The number of fused-ring (bicyclic) bond motifs is 1. The number of β-amino-alcohol motifs (C(OH)–C–C–N with tert-alkyl or cyclic N) is 1. The normalized spacial score (nSPS) is 21.2. The zero-order chi connectivity index (χ0) is 38.1. The van der Waals surface area contributed by atoms with Crippen LogP contribution in [-0.2, 0) is 27.2 Å². The molecule has 6 N–H and O–H groups in total. The average molecular weight is 725 g/mol. The predicted octanol–water partition coefficient (Wildman–Crippen LogP) is 5.89. The van der Waals surface area contributed by atoms with Crippen LogP contribution in [0.25, 0.3) is 0 Å². The van der Waals surface area contributed by atoms with Crippen molar-refractivity contribution in [2.75, 3.05) is 18.5 Å². The van der Waals surface area contributed by atoms with Crippen molar-refractivity contribution in [2.24, 2.45) is 11.8 Å². The third-order valence-corrected chi connectivity index (χ3v) is 9.47. The van der Waals surface area contributed by atoms with Crippen molar-refractivity contribution in [2.45, 2.75) is 141 Å². The molecule has 0 saturated heterocycles. The van der Waals surface area contributed by atoms with E-state index in [9.17, 15) is 30.0 Å². The number of rotatable bonds is 18. The number of carbonyl (C=O) groups excluding carboxylic acids is 2. The van der Waals surface area contributed by atoms with Gasteiger partial charge >= 0.3 is 5.97 Å².